The molecule has 0 fully saturated rings. The van der Waals surface area contributed by atoms with Gasteiger partial charge in [0.1, 0.15) is 17.0 Å². The standard InChI is InChI=1S/C13H11BrClNO3/c1-3-18-13(17)10-7(2)19-16-12(10)8-5-4-6-9(15)11(8)14/h4-6H,3H2,1-2H3. The number of aromatic nitrogens is 1. The van der Waals surface area contributed by atoms with E-state index in [1.165, 1.54) is 0 Å². The second-order valence-electron chi connectivity index (χ2n) is 3.78. The maximum atomic E-state index is 11.9. The van der Waals surface area contributed by atoms with E-state index in [0.29, 0.717) is 38.7 Å². The predicted octanol–water partition coefficient (Wildman–Crippen LogP) is 4.24. The largest absolute Gasteiger partial charge is 0.462 e. The number of esters is 1. The molecule has 0 N–H and O–H groups in total. The molecular formula is C13H11BrClNO3. The van der Waals surface area contributed by atoms with Crippen LogP contribution in [0.15, 0.2) is 27.2 Å². The summed E-state index contributed by atoms with van der Waals surface area (Å²) in [5.41, 5.74) is 1.43. The van der Waals surface area contributed by atoms with Crippen molar-refractivity contribution in [2.24, 2.45) is 0 Å². The van der Waals surface area contributed by atoms with Gasteiger partial charge in [0.2, 0.25) is 0 Å². The lowest BCUT2D eigenvalue weighted by molar-refractivity contribution is 0.0525. The number of hydrogen-bond acceptors (Lipinski definition) is 4. The summed E-state index contributed by atoms with van der Waals surface area (Å²) in [6.45, 7) is 3.70. The number of ether oxygens (including phenoxy) is 1. The zero-order chi connectivity index (χ0) is 14.0. The Morgan fingerprint density at radius 1 is 1.53 bits per heavy atom. The van der Waals surface area contributed by atoms with Gasteiger partial charge in [-0.15, -0.1) is 0 Å². The van der Waals surface area contributed by atoms with Crippen LogP contribution in [-0.4, -0.2) is 17.7 Å². The van der Waals surface area contributed by atoms with Crippen LogP contribution >= 0.6 is 27.5 Å². The van der Waals surface area contributed by atoms with Gasteiger partial charge in [-0.3, -0.25) is 0 Å². The van der Waals surface area contributed by atoms with E-state index < -0.39 is 5.97 Å². The zero-order valence-corrected chi connectivity index (χ0v) is 12.7. The fourth-order valence-corrected chi connectivity index (χ4v) is 2.31. The maximum absolute atomic E-state index is 11.9. The molecule has 0 saturated carbocycles. The van der Waals surface area contributed by atoms with Gasteiger partial charge in [0.05, 0.1) is 11.6 Å². The third-order valence-electron chi connectivity index (χ3n) is 2.55. The van der Waals surface area contributed by atoms with Crippen molar-refractivity contribution in [3.8, 4) is 11.3 Å². The molecule has 1 heterocycles. The summed E-state index contributed by atoms with van der Waals surface area (Å²) >= 11 is 9.42. The molecule has 1 aromatic heterocycles. The number of nitrogens with zero attached hydrogens (tertiary/aromatic N) is 1. The Balaban J connectivity index is 2.57. The molecule has 100 valence electrons. The van der Waals surface area contributed by atoms with Gasteiger partial charge in [0.15, 0.2) is 0 Å². The highest BCUT2D eigenvalue weighted by atomic mass is 79.9. The summed E-state index contributed by atoms with van der Waals surface area (Å²) in [5.74, 6) is -0.0385. The zero-order valence-electron chi connectivity index (χ0n) is 10.4. The average molecular weight is 345 g/mol. The normalized spacial score (nSPS) is 10.5. The van der Waals surface area contributed by atoms with Crippen LogP contribution in [0.2, 0.25) is 5.02 Å². The van der Waals surface area contributed by atoms with Crippen molar-refractivity contribution in [2.45, 2.75) is 13.8 Å². The first-order valence-electron chi connectivity index (χ1n) is 5.64. The summed E-state index contributed by atoms with van der Waals surface area (Å²) in [6, 6.07) is 5.32. The third-order valence-corrected chi connectivity index (χ3v) is 3.95. The Bertz CT molecular complexity index is 624. The molecular weight excluding hydrogens is 334 g/mol. The molecule has 0 unspecified atom stereocenters. The maximum Gasteiger partial charge on any atom is 0.344 e. The van der Waals surface area contributed by atoms with Gasteiger partial charge in [-0.2, -0.15) is 0 Å². The molecule has 2 rings (SSSR count). The minimum absolute atomic E-state index is 0.291. The fraction of sp³-hybridized carbons (Fsp3) is 0.231. The van der Waals surface area contributed by atoms with Gasteiger partial charge >= 0.3 is 5.97 Å². The third kappa shape index (κ3) is 2.67. The molecule has 2 aromatic rings. The average Bonchev–Trinajstić information content (AvgIpc) is 2.75. The van der Waals surface area contributed by atoms with Crippen molar-refractivity contribution in [3.63, 3.8) is 0 Å². The second kappa shape index (κ2) is 5.75. The highest BCUT2D eigenvalue weighted by Gasteiger charge is 2.24. The van der Waals surface area contributed by atoms with E-state index >= 15 is 0 Å². The van der Waals surface area contributed by atoms with Crippen LogP contribution in [0.5, 0.6) is 0 Å². The SMILES string of the molecule is CCOC(=O)c1c(-c2cccc(Cl)c2Br)noc1C. The monoisotopic (exact) mass is 343 g/mol. The fourth-order valence-electron chi connectivity index (χ4n) is 1.69. The van der Waals surface area contributed by atoms with Gasteiger partial charge in [-0.1, -0.05) is 28.9 Å². The molecule has 4 nitrogen and oxygen atoms in total. The van der Waals surface area contributed by atoms with Gasteiger partial charge in [-0.25, -0.2) is 4.79 Å². The van der Waals surface area contributed by atoms with Crippen molar-refractivity contribution < 1.29 is 14.1 Å². The van der Waals surface area contributed by atoms with Crippen molar-refractivity contribution in [3.05, 3.63) is 39.0 Å². The van der Waals surface area contributed by atoms with E-state index in [-0.39, 0.29) is 0 Å². The molecule has 0 bridgehead atoms. The lowest BCUT2D eigenvalue weighted by Crippen LogP contribution is -2.06. The number of carbonyl (C=O) groups excluding carboxylic acids is 1. The summed E-state index contributed by atoms with van der Waals surface area (Å²) in [6.07, 6.45) is 0. The molecule has 0 aliphatic rings. The number of rotatable bonds is 3. The summed E-state index contributed by atoms with van der Waals surface area (Å²) in [4.78, 5) is 11.9. The molecule has 1 aromatic carbocycles. The van der Waals surface area contributed by atoms with E-state index in [0.717, 1.165) is 0 Å². The second-order valence-corrected chi connectivity index (χ2v) is 4.98. The predicted molar refractivity (Wildman–Crippen MR) is 75.3 cm³/mol. The van der Waals surface area contributed by atoms with E-state index in [1.54, 1.807) is 32.0 Å². The Kier molecular flexibility index (Phi) is 4.27. The molecule has 6 heteroatoms. The van der Waals surface area contributed by atoms with E-state index in [9.17, 15) is 4.79 Å². The van der Waals surface area contributed by atoms with Gasteiger partial charge in [-0.05, 0) is 35.8 Å². The highest BCUT2D eigenvalue weighted by molar-refractivity contribution is 9.10. The molecule has 0 aliphatic heterocycles. The summed E-state index contributed by atoms with van der Waals surface area (Å²) in [7, 11) is 0. The highest BCUT2D eigenvalue weighted by Crippen LogP contribution is 2.35. The van der Waals surface area contributed by atoms with Crippen molar-refractivity contribution in [1.82, 2.24) is 5.16 Å². The molecule has 19 heavy (non-hydrogen) atoms. The smallest absolute Gasteiger partial charge is 0.344 e. The molecule has 0 aliphatic carbocycles. The number of hydrogen-bond donors (Lipinski definition) is 0. The minimum Gasteiger partial charge on any atom is -0.462 e. The van der Waals surface area contributed by atoms with Crippen molar-refractivity contribution in [1.29, 1.82) is 0 Å². The Labute approximate surface area is 123 Å². The Morgan fingerprint density at radius 3 is 2.95 bits per heavy atom. The molecule has 0 amide bonds. The number of carbonyl (C=O) groups is 1. The first-order valence-corrected chi connectivity index (χ1v) is 6.81. The van der Waals surface area contributed by atoms with Crippen LogP contribution in [-0.2, 0) is 4.74 Å². The molecule has 0 atom stereocenters. The van der Waals surface area contributed by atoms with Crippen LogP contribution in [0.25, 0.3) is 11.3 Å². The topological polar surface area (TPSA) is 52.3 Å². The van der Waals surface area contributed by atoms with Crippen LogP contribution in [0, 0.1) is 6.92 Å². The first kappa shape index (κ1) is 14.1. The van der Waals surface area contributed by atoms with E-state index in [4.69, 9.17) is 20.9 Å². The lowest BCUT2D eigenvalue weighted by Gasteiger charge is -2.05. The van der Waals surface area contributed by atoms with Crippen LogP contribution in [0.4, 0.5) is 0 Å². The number of benzene rings is 1. The minimum atomic E-state index is -0.455. The Hall–Kier alpha value is -1.33. The van der Waals surface area contributed by atoms with Crippen LogP contribution in [0.3, 0.4) is 0 Å². The Morgan fingerprint density at radius 2 is 2.26 bits per heavy atom. The lowest BCUT2D eigenvalue weighted by atomic mass is 10.1. The summed E-state index contributed by atoms with van der Waals surface area (Å²) < 4.78 is 10.8. The van der Waals surface area contributed by atoms with Crippen LogP contribution < -0.4 is 0 Å². The van der Waals surface area contributed by atoms with E-state index in [2.05, 4.69) is 21.1 Å². The van der Waals surface area contributed by atoms with E-state index in [1.807, 2.05) is 0 Å². The van der Waals surface area contributed by atoms with Crippen molar-refractivity contribution >= 4 is 33.5 Å². The van der Waals surface area contributed by atoms with Crippen LogP contribution in [0.1, 0.15) is 23.0 Å². The number of halogens is 2. The summed E-state index contributed by atoms with van der Waals surface area (Å²) in [5, 5.41) is 4.46. The quantitative estimate of drug-likeness (QED) is 0.781. The molecule has 0 spiro atoms. The molecule has 0 saturated heterocycles. The molecule has 0 radical (unpaired) electrons. The van der Waals surface area contributed by atoms with Crippen molar-refractivity contribution in [2.75, 3.05) is 6.61 Å². The number of aryl methyl sites for hydroxylation is 1. The van der Waals surface area contributed by atoms with Gasteiger partial charge in [0, 0.05) is 10.0 Å². The van der Waals surface area contributed by atoms with Gasteiger partial charge in [0.25, 0.3) is 0 Å². The first-order chi connectivity index (χ1) is 9.06. The van der Waals surface area contributed by atoms with Gasteiger partial charge < -0.3 is 9.26 Å².